The Hall–Kier alpha value is -2.86. The summed E-state index contributed by atoms with van der Waals surface area (Å²) in [5.74, 6) is -0.275. The number of hydrogen-bond donors (Lipinski definition) is 3. The average molecular weight is 452 g/mol. The van der Waals surface area contributed by atoms with Crippen molar-refractivity contribution >= 4 is 34.8 Å². The molecule has 0 spiro atoms. The van der Waals surface area contributed by atoms with Crippen LogP contribution in [-0.2, 0) is 19.1 Å². The summed E-state index contributed by atoms with van der Waals surface area (Å²) >= 11 is 0. The summed E-state index contributed by atoms with van der Waals surface area (Å²) in [7, 11) is 1.63. The minimum Gasteiger partial charge on any atom is -0.463 e. The maximum Gasteiger partial charge on any atom is 0.306 e. The van der Waals surface area contributed by atoms with Crippen molar-refractivity contribution in [3.05, 3.63) is 6.33 Å². The number of rotatable bonds is 8. The van der Waals surface area contributed by atoms with Gasteiger partial charge in [-0.15, -0.1) is 0 Å². The number of fused-ring (bicyclic) bond motifs is 1. The highest BCUT2D eigenvalue weighted by molar-refractivity contribution is 5.91. The zero-order chi connectivity index (χ0) is 23.6. The lowest BCUT2D eigenvalue weighted by Gasteiger charge is -2.24. The van der Waals surface area contributed by atoms with Crippen LogP contribution in [0.2, 0.25) is 0 Å². The van der Waals surface area contributed by atoms with Gasteiger partial charge in [0, 0.05) is 19.9 Å². The van der Waals surface area contributed by atoms with Crippen molar-refractivity contribution in [1.29, 1.82) is 0 Å². The fourth-order valence-electron chi connectivity index (χ4n) is 3.45. The number of carbonyl (C=O) groups is 2. The van der Waals surface area contributed by atoms with E-state index >= 15 is 4.39 Å². The molecule has 1 aliphatic heterocycles. The van der Waals surface area contributed by atoms with Gasteiger partial charge in [-0.25, -0.2) is 9.37 Å². The van der Waals surface area contributed by atoms with E-state index in [2.05, 4.69) is 25.6 Å². The molecule has 3 N–H and O–H groups in total. The van der Waals surface area contributed by atoms with Crippen molar-refractivity contribution in [2.24, 2.45) is 5.92 Å². The zero-order valence-corrected chi connectivity index (χ0v) is 18.8. The Kier molecular flexibility index (Phi) is 6.94. The molecule has 0 bridgehead atoms. The molecular formula is C20H29FN6O5. The van der Waals surface area contributed by atoms with Crippen LogP contribution in [-0.4, -0.2) is 68.0 Å². The molecule has 4 atom stereocenters. The molecule has 3 heterocycles. The Balaban J connectivity index is 1.90. The van der Waals surface area contributed by atoms with Crippen molar-refractivity contribution < 1.29 is 28.6 Å². The summed E-state index contributed by atoms with van der Waals surface area (Å²) in [6, 6.07) is 0. The normalized spacial score (nSPS) is 25.3. The van der Waals surface area contributed by atoms with Gasteiger partial charge >= 0.3 is 5.97 Å². The van der Waals surface area contributed by atoms with E-state index in [1.54, 1.807) is 14.0 Å². The van der Waals surface area contributed by atoms with Gasteiger partial charge in [0.15, 0.2) is 28.9 Å². The molecule has 176 valence electrons. The largest absolute Gasteiger partial charge is 0.463 e. The highest BCUT2D eigenvalue weighted by Crippen LogP contribution is 2.42. The van der Waals surface area contributed by atoms with Crippen LogP contribution in [0.5, 0.6) is 0 Å². The minimum absolute atomic E-state index is 0.0220. The van der Waals surface area contributed by atoms with Gasteiger partial charge in [0.2, 0.25) is 11.9 Å². The van der Waals surface area contributed by atoms with Gasteiger partial charge in [-0.1, -0.05) is 20.8 Å². The minimum atomic E-state index is -2.24. The van der Waals surface area contributed by atoms with E-state index in [1.807, 2.05) is 13.8 Å². The summed E-state index contributed by atoms with van der Waals surface area (Å²) in [4.78, 5) is 36.4. The molecule has 0 saturated carbocycles. The molecular weight excluding hydrogens is 423 g/mol. The lowest BCUT2D eigenvalue weighted by atomic mass is 9.98. The third-order valence-electron chi connectivity index (χ3n) is 5.18. The summed E-state index contributed by atoms with van der Waals surface area (Å²) in [5.41, 5.74) is -1.70. The number of aliphatic hydroxyl groups is 1. The number of nitrogens with one attached hydrogen (secondary N) is 2. The molecule has 32 heavy (non-hydrogen) atoms. The highest BCUT2D eigenvalue weighted by Gasteiger charge is 2.55. The van der Waals surface area contributed by atoms with Crippen LogP contribution in [0.25, 0.3) is 11.2 Å². The fraction of sp³-hybridized carbons (Fsp3) is 0.650. The number of carbonyl (C=O) groups excluding carboxylic acids is 2. The number of nitrogens with zero attached hydrogens (tertiary/aromatic N) is 4. The van der Waals surface area contributed by atoms with Gasteiger partial charge < -0.3 is 19.9 Å². The molecule has 12 heteroatoms. The lowest BCUT2D eigenvalue weighted by molar-refractivity contribution is -0.150. The van der Waals surface area contributed by atoms with Crippen LogP contribution in [0.4, 0.5) is 16.2 Å². The first-order valence-electron chi connectivity index (χ1n) is 10.5. The molecule has 0 aromatic carbocycles. The SMILES string of the molecule is CCC(=O)Nc1nc(NC)c2ncn([C@@H]3OC(COC(=O)CC(C)C)[C@@H](O)[C@@]3(C)F)c2n1. The molecule has 11 nitrogen and oxygen atoms in total. The van der Waals surface area contributed by atoms with Crippen molar-refractivity contribution in [3.8, 4) is 0 Å². The summed E-state index contributed by atoms with van der Waals surface area (Å²) in [6.45, 7) is 6.35. The van der Waals surface area contributed by atoms with Gasteiger partial charge in [-0.05, 0) is 12.8 Å². The number of amides is 1. The summed E-state index contributed by atoms with van der Waals surface area (Å²) in [5, 5.41) is 16.0. The van der Waals surface area contributed by atoms with E-state index in [-0.39, 0.29) is 42.9 Å². The van der Waals surface area contributed by atoms with E-state index in [4.69, 9.17) is 9.47 Å². The van der Waals surface area contributed by atoms with E-state index in [0.29, 0.717) is 11.3 Å². The fourth-order valence-corrected chi connectivity index (χ4v) is 3.45. The number of imidazole rings is 1. The lowest BCUT2D eigenvalue weighted by Crippen LogP contribution is -2.41. The molecule has 1 saturated heterocycles. The molecule has 1 fully saturated rings. The topological polar surface area (TPSA) is 140 Å². The van der Waals surface area contributed by atoms with Crippen LogP contribution in [0.1, 0.15) is 46.8 Å². The second-order valence-electron chi connectivity index (χ2n) is 8.28. The molecule has 1 unspecified atom stereocenters. The zero-order valence-electron chi connectivity index (χ0n) is 18.8. The summed E-state index contributed by atoms with van der Waals surface area (Å²) < 4.78 is 27.9. The Morgan fingerprint density at radius 2 is 2.12 bits per heavy atom. The quantitative estimate of drug-likeness (QED) is 0.511. The first-order valence-corrected chi connectivity index (χ1v) is 10.5. The number of aliphatic hydroxyl groups excluding tert-OH is 1. The Morgan fingerprint density at radius 1 is 1.41 bits per heavy atom. The first-order chi connectivity index (χ1) is 15.1. The Morgan fingerprint density at radius 3 is 2.75 bits per heavy atom. The highest BCUT2D eigenvalue weighted by atomic mass is 19.1. The number of alkyl halides is 1. The number of aromatic nitrogens is 4. The third kappa shape index (κ3) is 4.65. The molecule has 3 rings (SSSR count). The van der Waals surface area contributed by atoms with Gasteiger partial charge in [0.1, 0.15) is 18.8 Å². The van der Waals surface area contributed by atoms with E-state index < -0.39 is 30.1 Å². The Labute approximate surface area is 184 Å². The van der Waals surface area contributed by atoms with Gasteiger partial charge in [0.25, 0.3) is 0 Å². The number of anilines is 2. The van der Waals surface area contributed by atoms with Gasteiger partial charge in [-0.2, -0.15) is 9.97 Å². The van der Waals surface area contributed by atoms with Crippen LogP contribution < -0.4 is 10.6 Å². The maximum atomic E-state index is 15.6. The second kappa shape index (κ2) is 9.33. The number of ether oxygens (including phenoxy) is 2. The van der Waals surface area contributed by atoms with E-state index in [0.717, 1.165) is 0 Å². The Bertz CT molecular complexity index is 994. The van der Waals surface area contributed by atoms with Crippen molar-refractivity contribution in [2.75, 3.05) is 24.3 Å². The summed E-state index contributed by atoms with van der Waals surface area (Å²) in [6.07, 6.45) is -2.16. The van der Waals surface area contributed by atoms with Crippen molar-refractivity contribution in [2.45, 2.75) is 64.6 Å². The smallest absolute Gasteiger partial charge is 0.306 e. The van der Waals surface area contributed by atoms with E-state index in [9.17, 15) is 14.7 Å². The number of halogens is 1. The van der Waals surface area contributed by atoms with Gasteiger partial charge in [-0.3, -0.25) is 19.5 Å². The van der Waals surface area contributed by atoms with Crippen LogP contribution in [0, 0.1) is 5.92 Å². The maximum absolute atomic E-state index is 15.6. The van der Waals surface area contributed by atoms with Crippen LogP contribution >= 0.6 is 0 Å². The molecule has 2 aromatic heterocycles. The predicted molar refractivity (Wildman–Crippen MR) is 114 cm³/mol. The standard InChI is InChI=1S/C20H29FN6O5/c1-6-12(28)24-19-25-16(22-5)14-17(26-19)27(9-23-14)18-20(4,21)15(30)11(32-18)8-31-13(29)7-10(2)3/h9-11,15,18,30H,6-8H2,1-5H3,(H2,22,24,25,26,28)/t11?,15-,18-,20-/m1/s1. The number of hydrogen-bond acceptors (Lipinski definition) is 9. The van der Waals surface area contributed by atoms with Gasteiger partial charge in [0.05, 0.1) is 6.33 Å². The predicted octanol–water partition coefficient (Wildman–Crippen LogP) is 1.79. The molecule has 1 amide bonds. The van der Waals surface area contributed by atoms with E-state index in [1.165, 1.54) is 17.8 Å². The molecule has 1 aliphatic rings. The third-order valence-corrected chi connectivity index (χ3v) is 5.18. The monoisotopic (exact) mass is 452 g/mol. The first kappa shape index (κ1) is 23.8. The second-order valence-corrected chi connectivity index (χ2v) is 8.28. The van der Waals surface area contributed by atoms with Crippen LogP contribution in [0.15, 0.2) is 6.33 Å². The molecule has 2 aromatic rings. The van der Waals surface area contributed by atoms with Crippen molar-refractivity contribution in [1.82, 2.24) is 19.5 Å². The van der Waals surface area contributed by atoms with Crippen molar-refractivity contribution in [3.63, 3.8) is 0 Å². The molecule has 0 aliphatic carbocycles. The van der Waals surface area contributed by atoms with Crippen LogP contribution in [0.3, 0.4) is 0 Å². The molecule has 0 radical (unpaired) electrons. The number of esters is 1. The average Bonchev–Trinajstić information content (AvgIpc) is 3.24.